The Labute approximate surface area is 111 Å². The van der Waals surface area contributed by atoms with E-state index in [0.29, 0.717) is 12.2 Å². The van der Waals surface area contributed by atoms with E-state index >= 15 is 0 Å². The number of nitrogens with two attached hydrogens (primary N) is 1. The van der Waals surface area contributed by atoms with Crippen LogP contribution in [0.5, 0.6) is 0 Å². The third-order valence-electron chi connectivity index (χ3n) is 3.05. The van der Waals surface area contributed by atoms with Crippen LogP contribution >= 0.6 is 0 Å². The summed E-state index contributed by atoms with van der Waals surface area (Å²) in [7, 11) is 0. The number of hydrogen-bond acceptors (Lipinski definition) is 4. The number of rotatable bonds is 3. The van der Waals surface area contributed by atoms with E-state index in [2.05, 4.69) is 10.3 Å². The molecule has 2 aromatic heterocycles. The molecule has 3 aromatic rings. The lowest BCUT2D eigenvalue weighted by Crippen LogP contribution is -2.00. The monoisotopic (exact) mass is 253 g/mol. The number of anilines is 2. The van der Waals surface area contributed by atoms with Gasteiger partial charge in [-0.05, 0) is 43.3 Å². The summed E-state index contributed by atoms with van der Waals surface area (Å²) in [5.74, 6) is 1.83. The van der Waals surface area contributed by atoms with Crippen molar-refractivity contribution in [3.05, 3.63) is 54.1 Å². The first-order valence-electron chi connectivity index (χ1n) is 6.16. The molecule has 4 heteroatoms. The molecule has 0 radical (unpaired) electrons. The van der Waals surface area contributed by atoms with E-state index in [-0.39, 0.29) is 0 Å². The Kier molecular flexibility index (Phi) is 2.83. The number of benzene rings is 1. The quantitative estimate of drug-likeness (QED) is 0.703. The predicted octanol–water partition coefficient (Wildman–Crippen LogP) is 3.33. The molecular formula is C15H15N3O. The van der Waals surface area contributed by atoms with Gasteiger partial charge in [0.15, 0.2) is 0 Å². The molecule has 0 spiro atoms. The molecule has 0 aliphatic carbocycles. The van der Waals surface area contributed by atoms with Gasteiger partial charge in [0.2, 0.25) is 0 Å². The molecule has 96 valence electrons. The second-order valence-electron chi connectivity index (χ2n) is 4.47. The first kappa shape index (κ1) is 11.6. The molecule has 0 saturated heterocycles. The maximum absolute atomic E-state index is 5.93. The summed E-state index contributed by atoms with van der Waals surface area (Å²) in [6, 6.07) is 11.7. The lowest BCUT2D eigenvalue weighted by molar-refractivity contribution is 0.490. The molecule has 0 atom stereocenters. The molecular weight excluding hydrogens is 238 g/mol. The molecule has 1 aromatic carbocycles. The molecule has 0 unspecified atom stereocenters. The minimum Gasteiger partial charge on any atom is -0.465 e. The molecule has 0 saturated carbocycles. The molecule has 0 amide bonds. The van der Waals surface area contributed by atoms with Crippen molar-refractivity contribution in [2.45, 2.75) is 13.5 Å². The van der Waals surface area contributed by atoms with E-state index in [1.807, 2.05) is 43.3 Å². The number of nitrogens with zero attached hydrogens (tertiary/aromatic N) is 1. The van der Waals surface area contributed by atoms with Crippen LogP contribution in [0.25, 0.3) is 10.9 Å². The highest BCUT2D eigenvalue weighted by molar-refractivity contribution is 5.98. The van der Waals surface area contributed by atoms with Crippen LogP contribution in [-0.4, -0.2) is 4.98 Å². The minimum absolute atomic E-state index is 0.641. The molecule has 3 rings (SSSR count). The number of pyridine rings is 1. The topological polar surface area (TPSA) is 64.1 Å². The van der Waals surface area contributed by atoms with Crippen molar-refractivity contribution < 1.29 is 4.42 Å². The molecule has 0 aliphatic heterocycles. The summed E-state index contributed by atoms with van der Waals surface area (Å²) in [6.07, 6.45) is 1.75. The normalized spacial score (nSPS) is 10.8. The van der Waals surface area contributed by atoms with Crippen molar-refractivity contribution in [1.29, 1.82) is 0 Å². The van der Waals surface area contributed by atoms with Crippen molar-refractivity contribution in [3.63, 3.8) is 0 Å². The third-order valence-corrected chi connectivity index (χ3v) is 3.05. The maximum Gasteiger partial charge on any atom is 0.123 e. The fourth-order valence-electron chi connectivity index (χ4n) is 2.11. The Balaban J connectivity index is 1.91. The van der Waals surface area contributed by atoms with E-state index in [1.54, 1.807) is 6.20 Å². The van der Waals surface area contributed by atoms with E-state index in [9.17, 15) is 0 Å². The average molecular weight is 253 g/mol. The SMILES string of the molecule is Cc1ccc(CNc2ccc(N)c3ncccc23)o1. The molecule has 0 aliphatic rings. The zero-order valence-corrected chi connectivity index (χ0v) is 10.7. The molecule has 4 nitrogen and oxygen atoms in total. The van der Waals surface area contributed by atoms with Gasteiger partial charge >= 0.3 is 0 Å². The average Bonchev–Trinajstić information content (AvgIpc) is 2.84. The van der Waals surface area contributed by atoms with Crippen LogP contribution in [0.3, 0.4) is 0 Å². The highest BCUT2D eigenvalue weighted by Crippen LogP contribution is 2.26. The molecule has 2 heterocycles. The van der Waals surface area contributed by atoms with Crippen molar-refractivity contribution in [3.8, 4) is 0 Å². The Hall–Kier alpha value is -2.49. The van der Waals surface area contributed by atoms with Crippen molar-refractivity contribution in [2.75, 3.05) is 11.1 Å². The summed E-state index contributed by atoms with van der Waals surface area (Å²) in [5.41, 5.74) is 8.44. The van der Waals surface area contributed by atoms with Gasteiger partial charge in [-0.25, -0.2) is 0 Å². The number of furan rings is 1. The van der Waals surface area contributed by atoms with Crippen molar-refractivity contribution in [2.24, 2.45) is 0 Å². The van der Waals surface area contributed by atoms with Crippen LogP contribution in [0.4, 0.5) is 11.4 Å². The van der Waals surface area contributed by atoms with Crippen LogP contribution in [0.2, 0.25) is 0 Å². The predicted molar refractivity (Wildman–Crippen MR) is 76.9 cm³/mol. The number of fused-ring (bicyclic) bond motifs is 1. The summed E-state index contributed by atoms with van der Waals surface area (Å²) in [5, 5.41) is 4.37. The second kappa shape index (κ2) is 4.65. The van der Waals surface area contributed by atoms with Crippen molar-refractivity contribution >= 4 is 22.3 Å². The molecule has 0 bridgehead atoms. The lowest BCUT2D eigenvalue weighted by Gasteiger charge is -2.09. The van der Waals surface area contributed by atoms with Crippen molar-refractivity contribution in [1.82, 2.24) is 4.98 Å². The molecule has 3 N–H and O–H groups in total. The van der Waals surface area contributed by atoms with Gasteiger partial charge in [0.05, 0.1) is 17.7 Å². The summed E-state index contributed by atoms with van der Waals surface area (Å²) < 4.78 is 5.54. The summed E-state index contributed by atoms with van der Waals surface area (Å²) >= 11 is 0. The van der Waals surface area contributed by atoms with Gasteiger partial charge < -0.3 is 15.5 Å². The largest absolute Gasteiger partial charge is 0.465 e. The van der Waals surface area contributed by atoms with Gasteiger partial charge in [0, 0.05) is 17.3 Å². The van der Waals surface area contributed by atoms with Gasteiger partial charge in [-0.3, -0.25) is 4.98 Å². The van der Waals surface area contributed by atoms with Crippen LogP contribution in [0.1, 0.15) is 11.5 Å². The van der Waals surface area contributed by atoms with Gasteiger partial charge in [-0.15, -0.1) is 0 Å². The number of hydrogen-bond donors (Lipinski definition) is 2. The maximum atomic E-state index is 5.93. The highest BCUT2D eigenvalue weighted by Gasteiger charge is 2.05. The van der Waals surface area contributed by atoms with Gasteiger partial charge in [-0.2, -0.15) is 0 Å². The number of aromatic nitrogens is 1. The Morgan fingerprint density at radius 3 is 2.89 bits per heavy atom. The van der Waals surface area contributed by atoms with Crippen LogP contribution in [0, 0.1) is 6.92 Å². The zero-order chi connectivity index (χ0) is 13.2. The highest BCUT2D eigenvalue weighted by atomic mass is 16.3. The standard InChI is InChI=1S/C15H15N3O/c1-10-4-5-11(19-10)9-18-14-7-6-13(16)15-12(14)3-2-8-17-15/h2-8,18H,9,16H2,1H3. The van der Waals surface area contributed by atoms with E-state index in [0.717, 1.165) is 28.1 Å². The van der Waals surface area contributed by atoms with E-state index in [1.165, 1.54) is 0 Å². The summed E-state index contributed by atoms with van der Waals surface area (Å²) in [4.78, 5) is 4.31. The fourth-order valence-corrected chi connectivity index (χ4v) is 2.11. The lowest BCUT2D eigenvalue weighted by atomic mass is 10.1. The molecule has 0 fully saturated rings. The Morgan fingerprint density at radius 1 is 1.21 bits per heavy atom. The first-order valence-corrected chi connectivity index (χ1v) is 6.16. The Bertz CT molecular complexity index is 718. The number of nitrogens with one attached hydrogen (secondary N) is 1. The fraction of sp³-hybridized carbons (Fsp3) is 0.133. The smallest absolute Gasteiger partial charge is 0.123 e. The van der Waals surface area contributed by atoms with Crippen LogP contribution in [0.15, 0.2) is 47.0 Å². The number of nitrogen functional groups attached to an aromatic ring is 1. The summed E-state index contributed by atoms with van der Waals surface area (Å²) in [6.45, 7) is 2.58. The Morgan fingerprint density at radius 2 is 2.11 bits per heavy atom. The van der Waals surface area contributed by atoms with Crippen LogP contribution < -0.4 is 11.1 Å². The van der Waals surface area contributed by atoms with E-state index in [4.69, 9.17) is 10.2 Å². The van der Waals surface area contributed by atoms with Crippen LogP contribution in [-0.2, 0) is 6.54 Å². The molecule has 19 heavy (non-hydrogen) atoms. The third kappa shape index (κ3) is 2.25. The van der Waals surface area contributed by atoms with E-state index < -0.39 is 0 Å². The number of aryl methyl sites for hydroxylation is 1. The van der Waals surface area contributed by atoms with Gasteiger partial charge in [-0.1, -0.05) is 0 Å². The van der Waals surface area contributed by atoms with Gasteiger partial charge in [0.1, 0.15) is 11.5 Å². The minimum atomic E-state index is 0.641. The second-order valence-corrected chi connectivity index (χ2v) is 4.47. The zero-order valence-electron chi connectivity index (χ0n) is 10.7. The first-order chi connectivity index (χ1) is 9.24. The van der Waals surface area contributed by atoms with Gasteiger partial charge in [0.25, 0.3) is 0 Å².